The van der Waals surface area contributed by atoms with Gasteiger partial charge < -0.3 is 10.6 Å². The summed E-state index contributed by atoms with van der Waals surface area (Å²) in [6.45, 7) is 1.66. The lowest BCUT2D eigenvalue weighted by molar-refractivity contribution is -0.120. The third-order valence-corrected chi connectivity index (χ3v) is 6.62. The topological polar surface area (TPSA) is 105 Å². The van der Waals surface area contributed by atoms with Crippen LogP contribution in [0, 0.1) is 0 Å². The Labute approximate surface area is 154 Å². The quantitative estimate of drug-likeness (QED) is 0.662. The van der Waals surface area contributed by atoms with E-state index in [2.05, 4.69) is 15.6 Å². The Morgan fingerprint density at radius 3 is 2.68 bits per heavy atom. The molecule has 2 rings (SSSR count). The number of aromatic nitrogens is 1. The first-order chi connectivity index (χ1) is 11.9. The Morgan fingerprint density at radius 1 is 1.20 bits per heavy atom. The molecule has 0 bridgehead atoms. The van der Waals surface area contributed by atoms with Gasteiger partial charge in [-0.3, -0.25) is 9.59 Å². The third kappa shape index (κ3) is 6.92. The minimum atomic E-state index is -3.09. The van der Waals surface area contributed by atoms with Gasteiger partial charge in [-0.1, -0.05) is 13.0 Å². The van der Waals surface area contributed by atoms with Gasteiger partial charge in [0.05, 0.1) is 24.3 Å². The van der Waals surface area contributed by atoms with Crippen LogP contribution < -0.4 is 10.6 Å². The molecule has 2 aromatic rings. The van der Waals surface area contributed by atoms with Crippen molar-refractivity contribution in [3.63, 3.8) is 0 Å². The zero-order chi connectivity index (χ0) is 18.3. The number of thiophene rings is 1. The summed E-state index contributed by atoms with van der Waals surface area (Å²) in [5.74, 6) is -0.467. The van der Waals surface area contributed by atoms with Crippen LogP contribution in [0.25, 0.3) is 0 Å². The molecule has 0 radical (unpaired) electrons. The molecule has 0 aromatic carbocycles. The van der Waals surface area contributed by atoms with E-state index in [9.17, 15) is 18.0 Å². The van der Waals surface area contributed by atoms with Crippen molar-refractivity contribution in [2.75, 3.05) is 23.4 Å². The summed E-state index contributed by atoms with van der Waals surface area (Å²) in [6, 6.07) is 3.78. The second-order valence-electron chi connectivity index (χ2n) is 5.21. The zero-order valence-electron chi connectivity index (χ0n) is 13.6. The minimum Gasteiger partial charge on any atom is -0.355 e. The van der Waals surface area contributed by atoms with Crippen molar-refractivity contribution in [1.82, 2.24) is 10.3 Å². The molecular formula is C15H19N3O4S3. The fraction of sp³-hybridized carbons (Fsp3) is 0.400. The Bertz CT molecular complexity index is 813. The second-order valence-corrected chi connectivity index (χ2v) is 9.57. The van der Waals surface area contributed by atoms with Crippen LogP contribution >= 0.6 is 22.7 Å². The number of sulfone groups is 1. The molecule has 7 nitrogen and oxygen atoms in total. The number of hydrogen-bond donors (Lipinski definition) is 2. The van der Waals surface area contributed by atoms with E-state index < -0.39 is 9.84 Å². The molecule has 0 aliphatic rings. The van der Waals surface area contributed by atoms with Crippen LogP contribution in [0.15, 0.2) is 22.9 Å². The van der Waals surface area contributed by atoms with Gasteiger partial charge in [0.25, 0.3) is 0 Å². The number of nitrogens with zero attached hydrogens (tertiary/aromatic N) is 1. The number of anilines is 1. The number of thiazole rings is 1. The maximum Gasteiger partial charge on any atom is 0.231 e. The largest absolute Gasteiger partial charge is 0.355 e. The number of hydrogen-bond acceptors (Lipinski definition) is 7. The van der Waals surface area contributed by atoms with Crippen LogP contribution in [0.1, 0.15) is 17.5 Å². The molecule has 0 fully saturated rings. The summed E-state index contributed by atoms with van der Waals surface area (Å²) in [4.78, 5) is 28.9. The van der Waals surface area contributed by atoms with E-state index in [0.29, 0.717) is 17.2 Å². The van der Waals surface area contributed by atoms with Crippen LogP contribution in [-0.2, 0) is 32.3 Å². The maximum atomic E-state index is 11.9. The van der Waals surface area contributed by atoms with Crippen molar-refractivity contribution in [3.05, 3.63) is 33.5 Å². The lowest BCUT2D eigenvalue weighted by Crippen LogP contribution is -2.30. The van der Waals surface area contributed by atoms with E-state index in [1.165, 1.54) is 22.7 Å². The number of amides is 2. The third-order valence-electron chi connectivity index (χ3n) is 3.23. The average Bonchev–Trinajstić information content (AvgIpc) is 3.19. The predicted molar refractivity (Wildman–Crippen MR) is 99.8 cm³/mol. The van der Waals surface area contributed by atoms with Crippen LogP contribution in [0.3, 0.4) is 0 Å². The molecule has 2 N–H and O–H groups in total. The van der Waals surface area contributed by atoms with Crippen LogP contribution in [0.4, 0.5) is 5.13 Å². The fourth-order valence-corrected chi connectivity index (χ4v) is 4.03. The molecule has 0 atom stereocenters. The van der Waals surface area contributed by atoms with Gasteiger partial charge in [0.2, 0.25) is 11.8 Å². The lowest BCUT2D eigenvalue weighted by Gasteiger charge is -2.04. The predicted octanol–water partition coefficient (Wildman–Crippen LogP) is 1.48. The Balaban J connectivity index is 1.76. The van der Waals surface area contributed by atoms with Gasteiger partial charge in [-0.25, -0.2) is 13.4 Å². The van der Waals surface area contributed by atoms with Gasteiger partial charge in [0.1, 0.15) is 0 Å². The van der Waals surface area contributed by atoms with Gasteiger partial charge in [0.15, 0.2) is 15.0 Å². The van der Waals surface area contributed by atoms with Gasteiger partial charge in [-0.2, -0.15) is 0 Å². The highest BCUT2D eigenvalue weighted by molar-refractivity contribution is 7.91. The molecule has 2 heterocycles. The lowest BCUT2D eigenvalue weighted by atomic mass is 10.3. The first kappa shape index (κ1) is 19.5. The first-order valence-electron chi connectivity index (χ1n) is 7.61. The Kier molecular flexibility index (Phi) is 7.09. The van der Waals surface area contributed by atoms with E-state index >= 15 is 0 Å². The minimum absolute atomic E-state index is 0.0451. The SMILES string of the molecule is CCS(=O)(=O)CCNC(=O)Cc1csc(NC(=O)Cc2cccs2)n1. The number of carbonyl (C=O) groups excluding carboxylic acids is 2. The van der Waals surface area contributed by atoms with Gasteiger partial charge in [0, 0.05) is 22.6 Å². The molecule has 136 valence electrons. The van der Waals surface area contributed by atoms with E-state index in [0.717, 1.165) is 4.88 Å². The van der Waals surface area contributed by atoms with Crippen molar-refractivity contribution in [1.29, 1.82) is 0 Å². The Hall–Kier alpha value is -1.78. The highest BCUT2D eigenvalue weighted by Crippen LogP contribution is 2.17. The number of nitrogens with one attached hydrogen (secondary N) is 2. The average molecular weight is 402 g/mol. The van der Waals surface area contributed by atoms with Gasteiger partial charge >= 0.3 is 0 Å². The van der Waals surface area contributed by atoms with Crippen molar-refractivity contribution >= 4 is 49.5 Å². The molecule has 2 amide bonds. The molecule has 0 unspecified atom stereocenters. The van der Waals surface area contributed by atoms with E-state index in [1.54, 1.807) is 12.3 Å². The summed E-state index contributed by atoms with van der Waals surface area (Å²) < 4.78 is 22.7. The van der Waals surface area contributed by atoms with Crippen molar-refractivity contribution < 1.29 is 18.0 Å². The van der Waals surface area contributed by atoms with Crippen LogP contribution in [-0.4, -0.2) is 43.3 Å². The number of carbonyl (C=O) groups is 2. The second kappa shape index (κ2) is 9.07. The van der Waals surface area contributed by atoms with Crippen molar-refractivity contribution in [3.8, 4) is 0 Å². The molecular weight excluding hydrogens is 382 g/mol. The highest BCUT2D eigenvalue weighted by atomic mass is 32.2. The maximum absolute atomic E-state index is 11.9. The van der Waals surface area contributed by atoms with Gasteiger partial charge in [-0.15, -0.1) is 22.7 Å². The molecule has 0 saturated carbocycles. The summed E-state index contributed by atoms with van der Waals surface area (Å²) in [6.07, 6.45) is 0.336. The van der Waals surface area contributed by atoms with E-state index in [-0.39, 0.29) is 36.3 Å². The summed E-state index contributed by atoms with van der Waals surface area (Å²) in [7, 11) is -3.09. The molecule has 10 heteroatoms. The number of rotatable bonds is 9. The summed E-state index contributed by atoms with van der Waals surface area (Å²) in [5, 5.41) is 9.32. The summed E-state index contributed by atoms with van der Waals surface area (Å²) in [5.41, 5.74) is 0.535. The van der Waals surface area contributed by atoms with E-state index in [1.807, 2.05) is 17.5 Å². The fourth-order valence-electron chi connectivity index (χ4n) is 1.90. The normalized spacial score (nSPS) is 11.2. The molecule has 0 aliphatic heterocycles. The molecule has 0 spiro atoms. The standard InChI is InChI=1S/C15H19N3O4S3/c1-2-25(21,22)7-5-16-13(19)8-11-10-24-15(17-11)18-14(20)9-12-4-3-6-23-12/h3-4,6,10H,2,5,7-9H2,1H3,(H,16,19)(H,17,18,20). The molecule has 25 heavy (non-hydrogen) atoms. The van der Waals surface area contributed by atoms with Crippen molar-refractivity contribution in [2.24, 2.45) is 0 Å². The first-order valence-corrected chi connectivity index (χ1v) is 11.2. The summed E-state index contributed by atoms with van der Waals surface area (Å²) >= 11 is 2.76. The zero-order valence-corrected chi connectivity index (χ0v) is 16.1. The monoisotopic (exact) mass is 401 g/mol. The van der Waals surface area contributed by atoms with Crippen molar-refractivity contribution in [2.45, 2.75) is 19.8 Å². The Morgan fingerprint density at radius 2 is 2.00 bits per heavy atom. The smallest absolute Gasteiger partial charge is 0.231 e. The van der Waals surface area contributed by atoms with Gasteiger partial charge in [-0.05, 0) is 11.4 Å². The van der Waals surface area contributed by atoms with Crippen LogP contribution in [0.2, 0.25) is 0 Å². The van der Waals surface area contributed by atoms with E-state index in [4.69, 9.17) is 0 Å². The molecule has 2 aromatic heterocycles. The molecule has 0 aliphatic carbocycles. The van der Waals surface area contributed by atoms with Crippen LogP contribution in [0.5, 0.6) is 0 Å². The molecule has 0 saturated heterocycles. The highest BCUT2D eigenvalue weighted by Gasteiger charge is 2.12.